The molecule has 1 saturated heterocycles. The lowest BCUT2D eigenvalue weighted by Gasteiger charge is -2.31. The molecule has 0 saturated carbocycles. The average molecular weight is 338 g/mol. The Balaban J connectivity index is 1.50. The van der Waals surface area contributed by atoms with Gasteiger partial charge < -0.3 is 4.74 Å². The van der Waals surface area contributed by atoms with Crippen LogP contribution >= 0.6 is 0 Å². The van der Waals surface area contributed by atoms with Gasteiger partial charge in [0.05, 0.1) is 18.7 Å². The Morgan fingerprint density at radius 1 is 1.24 bits per heavy atom. The second kappa shape index (κ2) is 6.85. The lowest BCUT2D eigenvalue weighted by atomic mass is 10.2. The smallest absolute Gasteiger partial charge is 0.180 e. The minimum absolute atomic E-state index is 0.105. The summed E-state index contributed by atoms with van der Waals surface area (Å²) in [5.41, 5.74) is 2.02. The van der Waals surface area contributed by atoms with Gasteiger partial charge in [0.2, 0.25) is 0 Å². The largest absolute Gasteiger partial charge is 0.367 e. The van der Waals surface area contributed by atoms with Crippen molar-refractivity contribution in [1.82, 2.24) is 30.0 Å². The molecule has 7 heteroatoms. The molecule has 3 heterocycles. The van der Waals surface area contributed by atoms with Crippen LogP contribution in [0.15, 0.2) is 24.3 Å². The Hall–Kier alpha value is -2.38. The van der Waals surface area contributed by atoms with E-state index in [1.807, 2.05) is 25.1 Å². The minimum Gasteiger partial charge on any atom is -0.367 e. The van der Waals surface area contributed by atoms with Crippen LogP contribution < -0.4 is 0 Å². The van der Waals surface area contributed by atoms with E-state index in [9.17, 15) is 0 Å². The van der Waals surface area contributed by atoms with Gasteiger partial charge in [0.15, 0.2) is 5.82 Å². The Bertz CT molecular complexity index is 877. The molecule has 4 rings (SSSR count). The molecule has 0 bridgehead atoms. The number of hydrogen-bond acceptors (Lipinski definition) is 6. The summed E-state index contributed by atoms with van der Waals surface area (Å²) in [5.74, 6) is 2.47. The Labute approximate surface area is 146 Å². The number of para-hydroxylation sites is 1. The molecule has 1 fully saturated rings. The van der Waals surface area contributed by atoms with Crippen LogP contribution in [0.25, 0.3) is 10.9 Å². The topological polar surface area (TPSA) is 79.8 Å². The van der Waals surface area contributed by atoms with Crippen molar-refractivity contribution >= 4 is 10.9 Å². The maximum absolute atomic E-state index is 5.86. The van der Waals surface area contributed by atoms with E-state index in [0.717, 1.165) is 53.6 Å². The number of benzene rings is 1. The first kappa shape index (κ1) is 16.1. The summed E-state index contributed by atoms with van der Waals surface area (Å²) in [4.78, 5) is 16.2. The molecule has 2 aromatic heterocycles. The molecule has 0 unspecified atom stereocenters. The van der Waals surface area contributed by atoms with E-state index in [1.165, 1.54) is 0 Å². The molecule has 130 valence electrons. The number of aryl methyl sites for hydroxylation is 2. The quantitative estimate of drug-likeness (QED) is 0.785. The van der Waals surface area contributed by atoms with Gasteiger partial charge in [-0.25, -0.2) is 15.0 Å². The number of aromatic nitrogens is 5. The predicted molar refractivity (Wildman–Crippen MR) is 94.0 cm³/mol. The molecule has 1 aliphatic heterocycles. The second-order valence-electron chi connectivity index (χ2n) is 6.33. The van der Waals surface area contributed by atoms with Gasteiger partial charge in [-0.3, -0.25) is 10.00 Å². The maximum Gasteiger partial charge on any atom is 0.180 e. The SMILES string of the molecule is CCc1nc([C@H]2CN(Cc3nc(C)c4ccccc4n3)CCO2)n[nH]1. The van der Waals surface area contributed by atoms with E-state index in [4.69, 9.17) is 9.72 Å². The molecule has 3 aromatic rings. The van der Waals surface area contributed by atoms with Crippen LogP contribution in [0, 0.1) is 6.92 Å². The average Bonchev–Trinajstić information content (AvgIpc) is 3.11. The van der Waals surface area contributed by atoms with Crippen molar-refractivity contribution in [3.63, 3.8) is 0 Å². The van der Waals surface area contributed by atoms with Crippen molar-refractivity contribution in [3.05, 3.63) is 47.4 Å². The number of nitrogens with zero attached hydrogens (tertiary/aromatic N) is 5. The van der Waals surface area contributed by atoms with Gasteiger partial charge in [-0.05, 0) is 13.0 Å². The summed E-state index contributed by atoms with van der Waals surface area (Å²) < 4.78 is 5.86. The van der Waals surface area contributed by atoms with E-state index in [-0.39, 0.29) is 6.10 Å². The fourth-order valence-electron chi connectivity index (χ4n) is 3.18. The standard InChI is InChI=1S/C18H22N6O/c1-3-16-21-18(23-22-16)15-10-24(8-9-25-15)11-17-19-12(2)13-6-4-5-7-14(13)20-17/h4-7,15H,3,8-11H2,1-2H3,(H,21,22,23)/t15-/m1/s1. The number of nitrogens with one attached hydrogen (secondary N) is 1. The van der Waals surface area contributed by atoms with Gasteiger partial charge in [0, 0.05) is 30.6 Å². The highest BCUT2D eigenvalue weighted by molar-refractivity contribution is 5.80. The summed E-state index contributed by atoms with van der Waals surface area (Å²) >= 11 is 0. The third-order valence-electron chi connectivity index (χ3n) is 4.53. The zero-order valence-corrected chi connectivity index (χ0v) is 14.6. The number of rotatable bonds is 4. The number of morpholine rings is 1. The zero-order chi connectivity index (χ0) is 17.2. The van der Waals surface area contributed by atoms with E-state index in [1.54, 1.807) is 0 Å². The third-order valence-corrected chi connectivity index (χ3v) is 4.53. The van der Waals surface area contributed by atoms with Crippen LogP contribution in [-0.2, 0) is 17.7 Å². The van der Waals surface area contributed by atoms with E-state index in [2.05, 4.69) is 38.1 Å². The minimum atomic E-state index is -0.105. The van der Waals surface area contributed by atoms with Gasteiger partial charge in [0.25, 0.3) is 0 Å². The molecule has 1 aromatic carbocycles. The number of aromatic amines is 1. The van der Waals surface area contributed by atoms with Crippen LogP contribution in [0.2, 0.25) is 0 Å². The van der Waals surface area contributed by atoms with E-state index in [0.29, 0.717) is 13.2 Å². The summed E-state index contributed by atoms with van der Waals surface area (Å²) in [6.07, 6.45) is 0.736. The molecular formula is C18H22N6O. The van der Waals surface area contributed by atoms with Crippen molar-refractivity contribution in [2.75, 3.05) is 19.7 Å². The summed E-state index contributed by atoms with van der Waals surface area (Å²) in [6, 6.07) is 8.13. The van der Waals surface area contributed by atoms with Crippen LogP contribution in [0.5, 0.6) is 0 Å². The normalized spacial score (nSPS) is 18.7. The van der Waals surface area contributed by atoms with E-state index < -0.39 is 0 Å². The first-order chi connectivity index (χ1) is 12.2. The van der Waals surface area contributed by atoms with Crippen molar-refractivity contribution in [2.45, 2.75) is 32.9 Å². The molecule has 0 aliphatic carbocycles. The second-order valence-corrected chi connectivity index (χ2v) is 6.33. The number of fused-ring (bicyclic) bond motifs is 1. The van der Waals surface area contributed by atoms with E-state index >= 15 is 0 Å². The Morgan fingerprint density at radius 3 is 2.96 bits per heavy atom. The van der Waals surface area contributed by atoms with Gasteiger partial charge >= 0.3 is 0 Å². The number of hydrogen-bond donors (Lipinski definition) is 1. The third kappa shape index (κ3) is 3.38. The molecule has 1 N–H and O–H groups in total. The summed E-state index contributed by atoms with van der Waals surface area (Å²) in [7, 11) is 0. The lowest BCUT2D eigenvalue weighted by molar-refractivity contribution is -0.0377. The fraction of sp³-hybridized carbons (Fsp3) is 0.444. The summed E-state index contributed by atoms with van der Waals surface area (Å²) in [6.45, 7) is 7.06. The highest BCUT2D eigenvalue weighted by atomic mass is 16.5. The molecule has 1 aliphatic rings. The molecule has 7 nitrogen and oxygen atoms in total. The highest BCUT2D eigenvalue weighted by Crippen LogP contribution is 2.21. The van der Waals surface area contributed by atoms with Crippen LogP contribution in [-0.4, -0.2) is 49.7 Å². The Morgan fingerprint density at radius 2 is 2.12 bits per heavy atom. The molecule has 0 spiro atoms. The number of ether oxygens (including phenoxy) is 1. The highest BCUT2D eigenvalue weighted by Gasteiger charge is 2.26. The fourth-order valence-corrected chi connectivity index (χ4v) is 3.18. The molecule has 25 heavy (non-hydrogen) atoms. The predicted octanol–water partition coefficient (Wildman–Crippen LogP) is 2.19. The van der Waals surface area contributed by atoms with Gasteiger partial charge in [-0.1, -0.05) is 25.1 Å². The van der Waals surface area contributed by atoms with Crippen molar-refractivity contribution in [2.24, 2.45) is 0 Å². The first-order valence-corrected chi connectivity index (χ1v) is 8.70. The van der Waals surface area contributed by atoms with Crippen molar-refractivity contribution in [1.29, 1.82) is 0 Å². The van der Waals surface area contributed by atoms with Crippen LogP contribution in [0.4, 0.5) is 0 Å². The summed E-state index contributed by atoms with van der Waals surface area (Å²) in [5, 5.41) is 8.36. The van der Waals surface area contributed by atoms with Crippen LogP contribution in [0.1, 0.15) is 36.2 Å². The van der Waals surface area contributed by atoms with Gasteiger partial charge in [-0.2, -0.15) is 5.10 Å². The Kier molecular flexibility index (Phi) is 4.42. The van der Waals surface area contributed by atoms with Crippen LogP contribution in [0.3, 0.4) is 0 Å². The maximum atomic E-state index is 5.86. The molecule has 1 atom stereocenters. The van der Waals surface area contributed by atoms with Crippen molar-refractivity contribution in [3.8, 4) is 0 Å². The molecule has 0 radical (unpaired) electrons. The molecule has 0 amide bonds. The molecular weight excluding hydrogens is 316 g/mol. The van der Waals surface area contributed by atoms with Gasteiger partial charge in [-0.15, -0.1) is 0 Å². The van der Waals surface area contributed by atoms with Gasteiger partial charge in [0.1, 0.15) is 17.8 Å². The zero-order valence-electron chi connectivity index (χ0n) is 14.6. The monoisotopic (exact) mass is 338 g/mol. The number of H-pyrrole nitrogens is 1. The van der Waals surface area contributed by atoms with Crippen molar-refractivity contribution < 1.29 is 4.74 Å². The first-order valence-electron chi connectivity index (χ1n) is 8.70. The lowest BCUT2D eigenvalue weighted by Crippen LogP contribution is -2.38.